The van der Waals surface area contributed by atoms with Gasteiger partial charge in [0.05, 0.1) is 45.2 Å². The molecule has 3 aromatic carbocycles. The molecule has 1 fully saturated rings. The number of hydrogen-bond donors (Lipinski definition) is 1. The highest BCUT2D eigenvalue weighted by molar-refractivity contribution is 6.04. The minimum absolute atomic E-state index is 0.0968. The average molecular weight is 491 g/mol. The first kappa shape index (κ1) is 24.9. The zero-order chi connectivity index (χ0) is 25.5. The number of carbonyl (C=O) groups is 2. The molecule has 4 rings (SSSR count). The van der Waals surface area contributed by atoms with E-state index in [2.05, 4.69) is 5.32 Å². The van der Waals surface area contributed by atoms with Gasteiger partial charge in [0.15, 0.2) is 11.5 Å². The molecule has 1 N–H and O–H groups in total. The number of nitrogens with one attached hydrogen (secondary N) is 1. The van der Waals surface area contributed by atoms with Crippen molar-refractivity contribution >= 4 is 23.2 Å². The summed E-state index contributed by atoms with van der Waals surface area (Å²) >= 11 is 0. The number of amides is 2. The average Bonchev–Trinajstić information content (AvgIpc) is 3.31. The van der Waals surface area contributed by atoms with Crippen LogP contribution < -0.4 is 29.2 Å². The van der Waals surface area contributed by atoms with Gasteiger partial charge in [0.1, 0.15) is 5.75 Å². The summed E-state index contributed by atoms with van der Waals surface area (Å²) in [6.45, 7) is 0.716. The second-order valence-corrected chi connectivity index (χ2v) is 8.36. The Hall–Kier alpha value is -4.20. The number of rotatable bonds is 10. The van der Waals surface area contributed by atoms with Gasteiger partial charge in [0.2, 0.25) is 17.6 Å². The highest BCUT2D eigenvalue weighted by Gasteiger charge is 2.36. The van der Waals surface area contributed by atoms with Gasteiger partial charge in [-0.1, -0.05) is 42.5 Å². The third-order valence-corrected chi connectivity index (χ3v) is 6.09. The zero-order valence-electron chi connectivity index (χ0n) is 20.7. The number of benzene rings is 3. The molecule has 0 aromatic heterocycles. The first-order chi connectivity index (χ1) is 17.5. The van der Waals surface area contributed by atoms with Gasteiger partial charge in [-0.05, 0) is 17.7 Å². The summed E-state index contributed by atoms with van der Waals surface area (Å²) in [5.41, 5.74) is 2.33. The highest BCUT2D eigenvalue weighted by atomic mass is 16.5. The maximum absolute atomic E-state index is 13.1. The van der Waals surface area contributed by atoms with Crippen LogP contribution in [0, 0.1) is 5.92 Å². The maximum atomic E-state index is 13.1. The van der Waals surface area contributed by atoms with E-state index in [0.29, 0.717) is 41.0 Å². The molecule has 1 aliphatic rings. The number of nitrogens with zero attached hydrogens (tertiary/aromatic N) is 1. The molecule has 1 heterocycles. The molecule has 1 unspecified atom stereocenters. The van der Waals surface area contributed by atoms with E-state index in [1.54, 1.807) is 23.1 Å². The molecule has 3 aromatic rings. The third kappa shape index (κ3) is 5.54. The van der Waals surface area contributed by atoms with E-state index in [4.69, 9.17) is 18.9 Å². The Morgan fingerprint density at radius 1 is 0.917 bits per heavy atom. The Kier molecular flexibility index (Phi) is 7.95. The number of methoxy groups -OCH3 is 3. The summed E-state index contributed by atoms with van der Waals surface area (Å²) in [5, 5.41) is 2.94. The van der Waals surface area contributed by atoms with Crippen molar-refractivity contribution in [2.45, 2.75) is 12.8 Å². The van der Waals surface area contributed by atoms with E-state index in [1.165, 1.54) is 26.9 Å². The van der Waals surface area contributed by atoms with Gasteiger partial charge in [-0.15, -0.1) is 0 Å². The van der Waals surface area contributed by atoms with Crippen LogP contribution >= 0.6 is 0 Å². The second kappa shape index (κ2) is 11.5. The summed E-state index contributed by atoms with van der Waals surface area (Å²) in [7, 11) is 4.55. The van der Waals surface area contributed by atoms with Gasteiger partial charge in [0.25, 0.3) is 0 Å². The number of ether oxygens (including phenoxy) is 4. The van der Waals surface area contributed by atoms with Gasteiger partial charge in [0, 0.05) is 31.5 Å². The van der Waals surface area contributed by atoms with Gasteiger partial charge in [-0.3, -0.25) is 9.59 Å². The predicted molar refractivity (Wildman–Crippen MR) is 137 cm³/mol. The highest BCUT2D eigenvalue weighted by Crippen LogP contribution is 2.42. The van der Waals surface area contributed by atoms with Gasteiger partial charge >= 0.3 is 0 Å². The molecular weight excluding hydrogens is 460 g/mol. The fourth-order valence-corrected chi connectivity index (χ4v) is 4.21. The van der Waals surface area contributed by atoms with Crippen molar-refractivity contribution in [2.75, 3.05) is 44.7 Å². The van der Waals surface area contributed by atoms with Crippen molar-refractivity contribution in [3.8, 4) is 23.0 Å². The SMILES string of the molecule is COc1cc(N2CC(C(=O)Nc3ccccc3OCCc3ccccc3)CC2=O)cc(OC)c1OC. The van der Waals surface area contributed by atoms with Crippen LogP contribution in [0.25, 0.3) is 0 Å². The Morgan fingerprint density at radius 3 is 2.25 bits per heavy atom. The van der Waals surface area contributed by atoms with Gasteiger partial charge in [-0.2, -0.15) is 0 Å². The molecule has 1 aliphatic heterocycles. The predicted octanol–water partition coefficient (Wildman–Crippen LogP) is 4.33. The van der Waals surface area contributed by atoms with Crippen molar-refractivity contribution < 1.29 is 28.5 Å². The van der Waals surface area contributed by atoms with Crippen LogP contribution in [-0.2, 0) is 16.0 Å². The number of para-hydroxylation sites is 2. The molecule has 0 radical (unpaired) electrons. The molecular formula is C28H30N2O6. The Balaban J connectivity index is 1.43. The van der Waals surface area contributed by atoms with Crippen molar-refractivity contribution in [1.82, 2.24) is 0 Å². The Morgan fingerprint density at radius 2 is 1.58 bits per heavy atom. The number of anilines is 2. The summed E-state index contributed by atoms with van der Waals surface area (Å²) in [6.07, 6.45) is 0.851. The quantitative estimate of drug-likeness (QED) is 0.455. The van der Waals surface area contributed by atoms with Crippen LogP contribution in [0.5, 0.6) is 23.0 Å². The smallest absolute Gasteiger partial charge is 0.229 e. The van der Waals surface area contributed by atoms with Gasteiger partial charge < -0.3 is 29.2 Å². The molecule has 0 bridgehead atoms. The van der Waals surface area contributed by atoms with Crippen molar-refractivity contribution in [3.63, 3.8) is 0 Å². The van der Waals surface area contributed by atoms with Crippen molar-refractivity contribution in [3.05, 3.63) is 72.3 Å². The number of hydrogen-bond acceptors (Lipinski definition) is 6. The van der Waals surface area contributed by atoms with Crippen LogP contribution in [-0.4, -0.2) is 46.3 Å². The van der Waals surface area contributed by atoms with Crippen LogP contribution in [0.2, 0.25) is 0 Å². The largest absolute Gasteiger partial charge is 0.493 e. The molecule has 1 saturated heterocycles. The van der Waals surface area contributed by atoms with Crippen molar-refractivity contribution in [2.24, 2.45) is 5.92 Å². The lowest BCUT2D eigenvalue weighted by Crippen LogP contribution is -2.28. The van der Waals surface area contributed by atoms with Crippen LogP contribution in [0.4, 0.5) is 11.4 Å². The van der Waals surface area contributed by atoms with E-state index >= 15 is 0 Å². The van der Waals surface area contributed by atoms with Crippen LogP contribution in [0.3, 0.4) is 0 Å². The molecule has 0 saturated carbocycles. The van der Waals surface area contributed by atoms with E-state index in [9.17, 15) is 9.59 Å². The summed E-state index contributed by atoms with van der Waals surface area (Å²) in [4.78, 5) is 27.5. The molecule has 2 amide bonds. The van der Waals surface area contributed by atoms with E-state index in [-0.39, 0.29) is 24.8 Å². The van der Waals surface area contributed by atoms with Crippen molar-refractivity contribution in [1.29, 1.82) is 0 Å². The summed E-state index contributed by atoms with van der Waals surface area (Å²) in [6, 6.07) is 20.8. The molecule has 0 spiro atoms. The minimum Gasteiger partial charge on any atom is -0.493 e. The van der Waals surface area contributed by atoms with Gasteiger partial charge in [-0.25, -0.2) is 0 Å². The zero-order valence-corrected chi connectivity index (χ0v) is 20.7. The summed E-state index contributed by atoms with van der Waals surface area (Å²) in [5.74, 6) is 0.993. The standard InChI is InChI=1S/C28H30N2O6/c1-33-24-16-21(17-25(34-2)27(24)35-3)30-18-20(15-26(30)31)28(32)29-22-11-7-8-12-23(22)36-14-13-19-9-5-4-6-10-19/h4-12,16-17,20H,13-15,18H2,1-3H3,(H,29,32). The van der Waals surface area contributed by atoms with Crippen LogP contribution in [0.15, 0.2) is 66.7 Å². The summed E-state index contributed by atoms with van der Waals surface area (Å²) < 4.78 is 22.1. The Bertz CT molecular complexity index is 1190. The molecule has 8 heteroatoms. The van der Waals surface area contributed by atoms with Crippen LogP contribution in [0.1, 0.15) is 12.0 Å². The molecule has 1 atom stereocenters. The normalized spacial score (nSPS) is 14.9. The monoisotopic (exact) mass is 490 g/mol. The lowest BCUT2D eigenvalue weighted by atomic mass is 10.1. The van der Waals surface area contributed by atoms with E-state index in [1.807, 2.05) is 48.5 Å². The third-order valence-electron chi connectivity index (χ3n) is 6.09. The molecule has 188 valence electrons. The number of carbonyl (C=O) groups excluding carboxylic acids is 2. The topological polar surface area (TPSA) is 86.3 Å². The Labute approximate surface area is 210 Å². The fraction of sp³-hybridized carbons (Fsp3) is 0.286. The first-order valence-corrected chi connectivity index (χ1v) is 11.7. The molecule has 36 heavy (non-hydrogen) atoms. The van der Waals surface area contributed by atoms with E-state index < -0.39 is 5.92 Å². The minimum atomic E-state index is -0.519. The fourth-order valence-electron chi connectivity index (χ4n) is 4.21. The lowest BCUT2D eigenvalue weighted by molar-refractivity contribution is -0.122. The second-order valence-electron chi connectivity index (χ2n) is 8.36. The molecule has 0 aliphatic carbocycles. The first-order valence-electron chi connectivity index (χ1n) is 11.7. The lowest BCUT2D eigenvalue weighted by Gasteiger charge is -2.20. The maximum Gasteiger partial charge on any atom is 0.229 e. The van der Waals surface area contributed by atoms with E-state index in [0.717, 1.165) is 6.42 Å². The molecule has 8 nitrogen and oxygen atoms in total.